The van der Waals surface area contributed by atoms with Crippen molar-refractivity contribution < 1.29 is 32.6 Å². The molecular formula is C31H37F3N4O4. The predicted octanol–water partition coefficient (Wildman–Crippen LogP) is 6.82. The first-order chi connectivity index (χ1) is 19.8. The number of carboxylic acid groups (broad SMARTS) is 1. The zero-order valence-electron chi connectivity index (χ0n) is 24.6. The number of carboxylic acids is 1. The lowest BCUT2D eigenvalue weighted by Crippen LogP contribution is -2.33. The number of benzene rings is 1. The number of nitrogens with one attached hydrogen (secondary N) is 1. The molecule has 0 amide bonds. The first kappa shape index (κ1) is 35.5. The average Bonchev–Trinajstić information content (AvgIpc) is 2.99. The number of halogens is 3. The number of carbonyl (C=O) groups excluding carboxylic acids is 1. The van der Waals surface area contributed by atoms with Gasteiger partial charge in [-0.1, -0.05) is 31.2 Å². The van der Waals surface area contributed by atoms with Crippen LogP contribution in [0.4, 0.5) is 18.9 Å². The SMILES string of the molecule is C/C=C(/C=O)C(=NC)C(F)(F)F.CCC(C)(COc1ccc(-c2ccc(NC)cc2)cn1)C(=O)O.Cc1ccccn1. The number of hydrogen-bond donors (Lipinski definition) is 2. The van der Waals surface area contributed by atoms with Gasteiger partial charge in [-0.3, -0.25) is 19.6 Å². The molecule has 0 aliphatic carbocycles. The van der Waals surface area contributed by atoms with Crippen LogP contribution in [0.2, 0.25) is 0 Å². The van der Waals surface area contributed by atoms with E-state index in [1.807, 2.05) is 69.4 Å². The molecule has 0 saturated carbocycles. The van der Waals surface area contributed by atoms with Crippen molar-refractivity contribution in [1.82, 2.24) is 9.97 Å². The Balaban J connectivity index is 0.000000384. The third-order valence-electron chi connectivity index (χ3n) is 6.09. The van der Waals surface area contributed by atoms with Crippen molar-refractivity contribution in [2.45, 2.75) is 40.3 Å². The van der Waals surface area contributed by atoms with Gasteiger partial charge >= 0.3 is 12.1 Å². The molecule has 8 nitrogen and oxygen atoms in total. The number of ether oxygens (including phenoxy) is 1. The fourth-order valence-electron chi connectivity index (χ4n) is 3.14. The summed E-state index contributed by atoms with van der Waals surface area (Å²) < 4.78 is 41.6. The van der Waals surface area contributed by atoms with Crippen molar-refractivity contribution in [1.29, 1.82) is 0 Å². The standard InChI is InChI=1S/C18H22N2O3.C7H8F3NO.C6H7N/c1-4-18(2,17(21)22)12-23-16-10-7-14(11-20-16)13-5-8-15(19-3)9-6-13;1-3-5(4-12)6(11-2)7(8,9)10;1-6-4-2-3-5-7-6/h5-11,19H,4,12H2,1-3H3,(H,21,22);3-4H,1-2H3;2-5H,1H3/b;5-3-,11-6?;. The Kier molecular flexibility index (Phi) is 14.6. The zero-order valence-corrected chi connectivity index (χ0v) is 24.6. The molecule has 0 aliphatic heterocycles. The number of aliphatic carboxylic acids is 1. The summed E-state index contributed by atoms with van der Waals surface area (Å²) in [6.45, 7) is 6.93. The highest BCUT2D eigenvalue weighted by molar-refractivity contribution is 6.17. The Morgan fingerprint density at radius 3 is 2.05 bits per heavy atom. The Bertz CT molecular complexity index is 1310. The number of pyridine rings is 2. The summed E-state index contributed by atoms with van der Waals surface area (Å²) in [5.41, 5.74) is 1.69. The van der Waals surface area contributed by atoms with Gasteiger partial charge in [-0.15, -0.1) is 0 Å². The maximum absolute atomic E-state index is 12.0. The molecule has 226 valence electrons. The van der Waals surface area contributed by atoms with Gasteiger partial charge in [0.1, 0.15) is 12.3 Å². The van der Waals surface area contributed by atoms with E-state index in [1.165, 1.54) is 6.92 Å². The maximum atomic E-state index is 12.0. The normalized spacial score (nSPS) is 12.9. The lowest BCUT2D eigenvalue weighted by molar-refractivity contribution is -0.150. The van der Waals surface area contributed by atoms with Crippen molar-refractivity contribution in [3.05, 3.63) is 84.3 Å². The number of aryl methyl sites for hydroxylation is 1. The van der Waals surface area contributed by atoms with Crippen LogP contribution in [0, 0.1) is 12.3 Å². The number of aliphatic imine (C=N–C) groups is 1. The molecule has 0 fully saturated rings. The molecule has 2 N–H and O–H groups in total. The summed E-state index contributed by atoms with van der Waals surface area (Å²) in [6.07, 6.45) is 0.664. The van der Waals surface area contributed by atoms with Crippen LogP contribution in [0.5, 0.6) is 5.88 Å². The number of hydrogen-bond acceptors (Lipinski definition) is 7. The van der Waals surface area contributed by atoms with Crippen LogP contribution in [0.3, 0.4) is 0 Å². The molecule has 1 unspecified atom stereocenters. The zero-order chi connectivity index (χ0) is 31.8. The van der Waals surface area contributed by atoms with Gasteiger partial charge in [-0.2, -0.15) is 13.2 Å². The van der Waals surface area contributed by atoms with Gasteiger partial charge in [-0.05, 0) is 63.1 Å². The maximum Gasteiger partial charge on any atom is 0.433 e. The number of aromatic nitrogens is 2. The largest absolute Gasteiger partial charge is 0.481 e. The van der Waals surface area contributed by atoms with Crippen LogP contribution in [0.1, 0.15) is 32.9 Å². The Hall–Kier alpha value is -4.54. The van der Waals surface area contributed by atoms with Crippen molar-refractivity contribution >= 4 is 23.7 Å². The number of aldehydes is 1. The van der Waals surface area contributed by atoms with E-state index >= 15 is 0 Å². The van der Waals surface area contributed by atoms with Gasteiger partial charge < -0.3 is 15.2 Å². The number of nitrogens with zero attached hydrogens (tertiary/aromatic N) is 3. The van der Waals surface area contributed by atoms with E-state index in [9.17, 15) is 27.9 Å². The van der Waals surface area contributed by atoms with Crippen LogP contribution >= 0.6 is 0 Å². The molecule has 0 spiro atoms. The van der Waals surface area contributed by atoms with Gasteiger partial charge in [0.05, 0.1) is 5.41 Å². The molecule has 3 rings (SSSR count). The monoisotopic (exact) mass is 586 g/mol. The van der Waals surface area contributed by atoms with E-state index in [-0.39, 0.29) is 12.9 Å². The Morgan fingerprint density at radius 2 is 1.71 bits per heavy atom. The first-order valence-electron chi connectivity index (χ1n) is 13.0. The summed E-state index contributed by atoms with van der Waals surface area (Å²) in [5, 5.41) is 12.3. The van der Waals surface area contributed by atoms with Crippen molar-refractivity contribution in [3.63, 3.8) is 0 Å². The van der Waals surface area contributed by atoms with E-state index in [0.717, 1.165) is 35.6 Å². The second-order valence-electron chi connectivity index (χ2n) is 9.12. The van der Waals surface area contributed by atoms with Crippen molar-refractivity contribution in [2.24, 2.45) is 10.4 Å². The minimum absolute atomic E-state index is 0.0993. The van der Waals surface area contributed by atoms with E-state index in [2.05, 4.69) is 20.3 Å². The molecule has 2 aromatic heterocycles. The van der Waals surface area contributed by atoms with Crippen molar-refractivity contribution in [3.8, 4) is 17.0 Å². The Morgan fingerprint density at radius 1 is 1.07 bits per heavy atom. The van der Waals surface area contributed by atoms with Gasteiger partial charge in [0.15, 0.2) is 6.29 Å². The summed E-state index contributed by atoms with van der Waals surface area (Å²) in [4.78, 5) is 32.6. The highest BCUT2D eigenvalue weighted by atomic mass is 19.4. The second-order valence-corrected chi connectivity index (χ2v) is 9.12. The van der Waals surface area contributed by atoms with Crippen LogP contribution in [-0.2, 0) is 9.59 Å². The molecule has 0 bridgehead atoms. The topological polar surface area (TPSA) is 114 Å². The molecule has 0 radical (unpaired) electrons. The molecule has 2 heterocycles. The Labute approximate surface area is 244 Å². The predicted molar refractivity (Wildman–Crippen MR) is 159 cm³/mol. The van der Waals surface area contributed by atoms with Gasteiger partial charge in [-0.25, -0.2) is 4.98 Å². The minimum atomic E-state index is -4.56. The molecule has 1 aromatic carbocycles. The molecule has 0 aliphatic rings. The third kappa shape index (κ3) is 11.5. The van der Waals surface area contributed by atoms with Crippen LogP contribution in [0.15, 0.2) is 83.6 Å². The summed E-state index contributed by atoms with van der Waals surface area (Å²) in [6, 6.07) is 17.6. The number of anilines is 1. The molecular weight excluding hydrogens is 549 g/mol. The summed E-state index contributed by atoms with van der Waals surface area (Å²) >= 11 is 0. The lowest BCUT2D eigenvalue weighted by atomic mass is 9.89. The third-order valence-corrected chi connectivity index (χ3v) is 6.09. The van der Waals surface area contributed by atoms with E-state index in [4.69, 9.17) is 4.74 Å². The van der Waals surface area contributed by atoms with Gasteiger partial charge in [0, 0.05) is 55.1 Å². The number of allylic oxidation sites excluding steroid dienone is 2. The number of alkyl halides is 3. The van der Waals surface area contributed by atoms with Crippen LogP contribution in [0.25, 0.3) is 11.1 Å². The molecule has 3 aromatic rings. The number of rotatable bonds is 9. The average molecular weight is 587 g/mol. The minimum Gasteiger partial charge on any atom is -0.481 e. The smallest absolute Gasteiger partial charge is 0.433 e. The highest BCUT2D eigenvalue weighted by Gasteiger charge is 2.37. The van der Waals surface area contributed by atoms with E-state index < -0.39 is 28.8 Å². The van der Waals surface area contributed by atoms with Crippen LogP contribution in [-0.4, -0.2) is 59.9 Å². The molecule has 0 saturated heterocycles. The van der Waals surface area contributed by atoms with E-state index in [1.54, 1.807) is 25.4 Å². The van der Waals surface area contributed by atoms with Crippen LogP contribution < -0.4 is 10.1 Å². The molecule has 42 heavy (non-hydrogen) atoms. The summed E-state index contributed by atoms with van der Waals surface area (Å²) in [5.74, 6) is -0.428. The molecule has 1 atom stereocenters. The first-order valence-corrected chi connectivity index (χ1v) is 13.0. The molecule has 11 heteroatoms. The van der Waals surface area contributed by atoms with E-state index in [0.29, 0.717) is 12.3 Å². The fraction of sp³-hybridized carbons (Fsp3) is 0.323. The van der Waals surface area contributed by atoms with Gasteiger partial charge in [0.2, 0.25) is 5.88 Å². The fourth-order valence-corrected chi connectivity index (χ4v) is 3.14. The second kappa shape index (κ2) is 17.3. The van der Waals surface area contributed by atoms with Crippen molar-refractivity contribution in [2.75, 3.05) is 26.0 Å². The summed E-state index contributed by atoms with van der Waals surface area (Å²) in [7, 11) is 2.87. The quantitative estimate of drug-likeness (QED) is 0.161. The highest BCUT2D eigenvalue weighted by Crippen LogP contribution is 2.25. The lowest BCUT2D eigenvalue weighted by Gasteiger charge is -2.22. The van der Waals surface area contributed by atoms with Gasteiger partial charge in [0.25, 0.3) is 0 Å². The number of carbonyl (C=O) groups is 2.